The fraction of sp³-hybridized carbons (Fsp3) is 0.571. The van der Waals surface area contributed by atoms with E-state index in [0.717, 1.165) is 37.8 Å². The Balaban J connectivity index is 2.30. The Labute approximate surface area is 110 Å². The fourth-order valence-electron chi connectivity index (χ4n) is 2.08. The van der Waals surface area contributed by atoms with Gasteiger partial charge in [0.1, 0.15) is 0 Å². The molecule has 0 aromatic carbocycles. The minimum atomic E-state index is 0.648. The first-order chi connectivity index (χ1) is 8.11. The Morgan fingerprint density at radius 2 is 2.12 bits per heavy atom. The summed E-state index contributed by atoms with van der Waals surface area (Å²) in [6, 6.07) is 0. The van der Waals surface area contributed by atoms with Gasteiger partial charge in [-0.25, -0.2) is 0 Å². The van der Waals surface area contributed by atoms with Crippen LogP contribution >= 0.6 is 11.6 Å². The van der Waals surface area contributed by atoms with Gasteiger partial charge < -0.3 is 9.64 Å². The van der Waals surface area contributed by atoms with E-state index in [9.17, 15) is 0 Å². The average molecular weight is 256 g/mol. The van der Waals surface area contributed by atoms with E-state index >= 15 is 0 Å². The molecular formula is C14H22ClNO. The molecule has 0 radical (unpaired) electrons. The Morgan fingerprint density at radius 3 is 2.71 bits per heavy atom. The third kappa shape index (κ3) is 6.06. The van der Waals surface area contributed by atoms with Crippen LogP contribution in [-0.4, -0.2) is 38.3 Å². The highest BCUT2D eigenvalue weighted by Gasteiger charge is 2.15. The van der Waals surface area contributed by atoms with E-state index in [-0.39, 0.29) is 0 Å². The summed E-state index contributed by atoms with van der Waals surface area (Å²) in [5.74, 6) is 0.750. The monoisotopic (exact) mass is 255 g/mol. The molecule has 0 spiro atoms. The van der Waals surface area contributed by atoms with Gasteiger partial charge in [-0.05, 0) is 37.5 Å². The predicted molar refractivity (Wildman–Crippen MR) is 74.3 cm³/mol. The molecule has 0 bridgehead atoms. The van der Waals surface area contributed by atoms with E-state index in [1.807, 2.05) is 6.08 Å². The van der Waals surface area contributed by atoms with Crippen molar-refractivity contribution < 1.29 is 4.74 Å². The van der Waals surface area contributed by atoms with Gasteiger partial charge in [-0.3, -0.25) is 0 Å². The lowest BCUT2D eigenvalue weighted by Gasteiger charge is -2.27. The highest BCUT2D eigenvalue weighted by Crippen LogP contribution is 2.16. The second-order valence-corrected chi connectivity index (χ2v) is 5.08. The highest BCUT2D eigenvalue weighted by atomic mass is 35.5. The number of ether oxygens (including phenoxy) is 1. The van der Waals surface area contributed by atoms with Gasteiger partial charge in [0.2, 0.25) is 0 Å². The summed E-state index contributed by atoms with van der Waals surface area (Å²) >= 11 is 5.88. The Morgan fingerprint density at radius 1 is 1.47 bits per heavy atom. The topological polar surface area (TPSA) is 12.5 Å². The van der Waals surface area contributed by atoms with Crippen molar-refractivity contribution in [3.8, 4) is 0 Å². The van der Waals surface area contributed by atoms with E-state index in [1.165, 1.54) is 12.8 Å². The molecule has 0 aliphatic carbocycles. The zero-order valence-electron chi connectivity index (χ0n) is 10.6. The quantitative estimate of drug-likeness (QED) is 0.676. The SMILES string of the molecule is C=C/C(Cl)=C\C(=C)CN(C)CC1CCOCC1. The molecule has 0 amide bonds. The van der Waals surface area contributed by atoms with Crippen LogP contribution in [0.4, 0.5) is 0 Å². The van der Waals surface area contributed by atoms with Crippen molar-refractivity contribution in [2.75, 3.05) is 33.4 Å². The van der Waals surface area contributed by atoms with Crippen LogP contribution in [0.15, 0.2) is 35.9 Å². The van der Waals surface area contributed by atoms with Gasteiger partial charge in [-0.15, -0.1) is 0 Å². The van der Waals surface area contributed by atoms with Crippen molar-refractivity contribution in [3.05, 3.63) is 35.9 Å². The molecule has 3 heteroatoms. The summed E-state index contributed by atoms with van der Waals surface area (Å²) in [7, 11) is 2.12. The van der Waals surface area contributed by atoms with Gasteiger partial charge in [-0.2, -0.15) is 0 Å². The first kappa shape index (κ1) is 14.5. The smallest absolute Gasteiger partial charge is 0.0469 e. The van der Waals surface area contributed by atoms with Gasteiger partial charge in [0, 0.05) is 31.3 Å². The van der Waals surface area contributed by atoms with Crippen molar-refractivity contribution >= 4 is 11.6 Å². The maximum atomic E-state index is 5.88. The van der Waals surface area contributed by atoms with Gasteiger partial charge in [0.15, 0.2) is 0 Å². The molecule has 1 aliphatic heterocycles. The molecule has 1 saturated heterocycles. The molecule has 0 aromatic rings. The van der Waals surface area contributed by atoms with Crippen molar-refractivity contribution in [1.82, 2.24) is 4.90 Å². The number of rotatable bonds is 6. The Hall–Kier alpha value is -0.570. The molecule has 0 aromatic heterocycles. The number of likely N-dealkylation sites (N-methyl/N-ethyl adjacent to an activating group) is 1. The number of halogens is 1. The van der Waals surface area contributed by atoms with Crippen LogP contribution in [0.25, 0.3) is 0 Å². The lowest BCUT2D eigenvalue weighted by Crippen LogP contribution is -2.30. The summed E-state index contributed by atoms with van der Waals surface area (Å²) in [6.45, 7) is 11.4. The van der Waals surface area contributed by atoms with Gasteiger partial charge in [-0.1, -0.05) is 30.8 Å². The van der Waals surface area contributed by atoms with Gasteiger partial charge in [0.25, 0.3) is 0 Å². The van der Waals surface area contributed by atoms with Crippen LogP contribution in [0.3, 0.4) is 0 Å². The molecule has 17 heavy (non-hydrogen) atoms. The minimum Gasteiger partial charge on any atom is -0.381 e. The summed E-state index contributed by atoms with van der Waals surface area (Å²) < 4.78 is 5.36. The average Bonchev–Trinajstić information content (AvgIpc) is 2.29. The first-order valence-electron chi connectivity index (χ1n) is 6.05. The number of hydrogen-bond donors (Lipinski definition) is 0. The Bertz CT molecular complexity index is 293. The number of hydrogen-bond acceptors (Lipinski definition) is 2. The summed E-state index contributed by atoms with van der Waals surface area (Å²) in [5, 5.41) is 0.648. The normalized spacial score (nSPS) is 18.4. The van der Waals surface area contributed by atoms with E-state index in [2.05, 4.69) is 25.1 Å². The second-order valence-electron chi connectivity index (χ2n) is 4.64. The van der Waals surface area contributed by atoms with Crippen molar-refractivity contribution in [3.63, 3.8) is 0 Å². The zero-order valence-corrected chi connectivity index (χ0v) is 11.4. The van der Waals surface area contributed by atoms with Crippen molar-refractivity contribution in [1.29, 1.82) is 0 Å². The predicted octanol–water partition coefficient (Wildman–Crippen LogP) is 3.21. The third-order valence-electron chi connectivity index (χ3n) is 2.92. The molecule has 0 N–H and O–H groups in total. The minimum absolute atomic E-state index is 0.648. The zero-order chi connectivity index (χ0) is 12.7. The first-order valence-corrected chi connectivity index (χ1v) is 6.43. The molecule has 0 atom stereocenters. The van der Waals surface area contributed by atoms with Crippen molar-refractivity contribution in [2.45, 2.75) is 12.8 Å². The van der Waals surface area contributed by atoms with E-state index in [1.54, 1.807) is 6.08 Å². The second kappa shape index (κ2) is 7.70. The van der Waals surface area contributed by atoms with Crippen LogP contribution in [0.2, 0.25) is 0 Å². The molecule has 96 valence electrons. The highest BCUT2D eigenvalue weighted by molar-refractivity contribution is 6.31. The van der Waals surface area contributed by atoms with Crippen LogP contribution in [0, 0.1) is 5.92 Å². The lowest BCUT2D eigenvalue weighted by molar-refractivity contribution is 0.0567. The molecular weight excluding hydrogens is 234 g/mol. The molecule has 0 saturated carbocycles. The molecule has 1 aliphatic rings. The van der Waals surface area contributed by atoms with Crippen LogP contribution in [0.5, 0.6) is 0 Å². The van der Waals surface area contributed by atoms with E-state index < -0.39 is 0 Å². The van der Waals surface area contributed by atoms with Crippen molar-refractivity contribution in [2.24, 2.45) is 5.92 Å². The van der Waals surface area contributed by atoms with E-state index in [0.29, 0.717) is 5.03 Å². The summed E-state index contributed by atoms with van der Waals surface area (Å²) in [5.41, 5.74) is 1.02. The van der Waals surface area contributed by atoms with Gasteiger partial charge >= 0.3 is 0 Å². The maximum Gasteiger partial charge on any atom is 0.0469 e. The maximum absolute atomic E-state index is 5.88. The molecule has 2 nitrogen and oxygen atoms in total. The summed E-state index contributed by atoms with van der Waals surface area (Å²) in [6.07, 6.45) is 5.83. The lowest BCUT2D eigenvalue weighted by atomic mass is 10.00. The molecule has 1 fully saturated rings. The molecule has 1 rings (SSSR count). The van der Waals surface area contributed by atoms with Gasteiger partial charge in [0.05, 0.1) is 0 Å². The summed E-state index contributed by atoms with van der Waals surface area (Å²) in [4.78, 5) is 2.29. The number of nitrogens with zero attached hydrogens (tertiary/aromatic N) is 1. The number of allylic oxidation sites excluding steroid dienone is 2. The van der Waals surface area contributed by atoms with Crippen LogP contribution in [0.1, 0.15) is 12.8 Å². The third-order valence-corrected chi connectivity index (χ3v) is 3.18. The van der Waals surface area contributed by atoms with Crippen LogP contribution < -0.4 is 0 Å². The fourth-order valence-corrected chi connectivity index (χ4v) is 2.23. The largest absolute Gasteiger partial charge is 0.381 e. The van der Waals surface area contributed by atoms with E-state index in [4.69, 9.17) is 16.3 Å². The Kier molecular flexibility index (Phi) is 6.56. The standard InChI is InChI=1S/C14H22ClNO/c1-4-14(15)9-12(2)10-16(3)11-13-5-7-17-8-6-13/h4,9,13H,1-2,5-8,10-11H2,3H3/b14-9+. The molecule has 1 heterocycles. The van der Waals surface area contributed by atoms with Crippen LogP contribution in [-0.2, 0) is 4.74 Å². The molecule has 0 unspecified atom stereocenters.